The molecule has 1 aliphatic rings. The maximum Gasteiger partial charge on any atom is 0.259 e. The van der Waals surface area contributed by atoms with Crippen molar-refractivity contribution in [1.29, 1.82) is 0 Å². The topological polar surface area (TPSA) is 33.2 Å². The van der Waals surface area contributed by atoms with E-state index in [1.54, 1.807) is 0 Å². The Bertz CT molecular complexity index is 932. The summed E-state index contributed by atoms with van der Waals surface area (Å²) in [5.41, 5.74) is 4.77. The number of pyridine rings is 1. The van der Waals surface area contributed by atoms with E-state index < -0.39 is 0 Å². The van der Waals surface area contributed by atoms with Gasteiger partial charge in [0.1, 0.15) is 0 Å². The number of rotatable bonds is 1. The summed E-state index contributed by atoms with van der Waals surface area (Å²) in [6.07, 6.45) is 2.02. The van der Waals surface area contributed by atoms with E-state index in [1.165, 1.54) is 5.56 Å². The van der Waals surface area contributed by atoms with Gasteiger partial charge in [0.05, 0.1) is 11.1 Å². The second-order valence-electron chi connectivity index (χ2n) is 6.52. The third-order valence-electron chi connectivity index (χ3n) is 4.82. The zero-order chi connectivity index (χ0) is 16.7. The number of fused-ring (bicyclic) bond motifs is 2. The van der Waals surface area contributed by atoms with Gasteiger partial charge in [-0.3, -0.25) is 9.78 Å². The van der Waals surface area contributed by atoms with Crippen LogP contribution in [0.1, 0.15) is 35.0 Å². The molecule has 0 fully saturated rings. The average Bonchev–Trinajstić information content (AvgIpc) is 2.60. The van der Waals surface area contributed by atoms with Crippen LogP contribution in [0.4, 0.5) is 5.69 Å². The smallest absolute Gasteiger partial charge is 0.259 e. The highest BCUT2D eigenvalue weighted by Crippen LogP contribution is 2.33. The van der Waals surface area contributed by atoms with Gasteiger partial charge in [-0.1, -0.05) is 36.4 Å². The lowest BCUT2D eigenvalue weighted by Gasteiger charge is -2.35. The molecule has 3 nitrogen and oxygen atoms in total. The van der Waals surface area contributed by atoms with Gasteiger partial charge in [-0.15, -0.1) is 0 Å². The summed E-state index contributed by atoms with van der Waals surface area (Å²) in [6.45, 7) is 4.07. The van der Waals surface area contributed by atoms with Crippen molar-refractivity contribution >= 4 is 22.5 Å². The number of aromatic nitrogens is 1. The molecule has 4 rings (SSSR count). The highest BCUT2D eigenvalue weighted by molar-refractivity contribution is 6.14. The van der Waals surface area contributed by atoms with Gasteiger partial charge < -0.3 is 4.90 Å². The van der Waals surface area contributed by atoms with E-state index in [0.29, 0.717) is 0 Å². The summed E-state index contributed by atoms with van der Waals surface area (Å²) in [6, 6.07) is 18.2. The highest BCUT2D eigenvalue weighted by atomic mass is 16.2. The first-order chi connectivity index (χ1) is 11.6. The normalized spacial score (nSPS) is 16.9. The first-order valence-corrected chi connectivity index (χ1v) is 8.43. The average molecular weight is 316 g/mol. The molecule has 1 unspecified atom stereocenters. The van der Waals surface area contributed by atoms with Crippen LogP contribution in [0.5, 0.6) is 0 Å². The molecule has 1 amide bonds. The molecule has 24 heavy (non-hydrogen) atoms. The Hall–Kier alpha value is -2.68. The van der Waals surface area contributed by atoms with Crippen LogP contribution in [-0.4, -0.2) is 16.9 Å². The third kappa shape index (κ3) is 2.37. The minimum Gasteiger partial charge on any atom is -0.305 e. The van der Waals surface area contributed by atoms with E-state index in [1.807, 2.05) is 54.3 Å². The van der Waals surface area contributed by atoms with Crippen molar-refractivity contribution in [3.8, 4) is 0 Å². The van der Waals surface area contributed by atoms with E-state index in [4.69, 9.17) is 0 Å². The lowest BCUT2D eigenvalue weighted by molar-refractivity contribution is 0.0976. The fourth-order valence-corrected chi connectivity index (χ4v) is 3.61. The SMILES string of the molecule is Cc1cc(C(=O)N2c3ccccc3CCC2C)c2ccccc2n1. The molecule has 120 valence electrons. The number of carbonyl (C=O) groups is 1. The number of aryl methyl sites for hydroxylation is 2. The quantitative estimate of drug-likeness (QED) is 0.661. The van der Waals surface area contributed by atoms with Crippen molar-refractivity contribution in [1.82, 2.24) is 4.98 Å². The van der Waals surface area contributed by atoms with Crippen molar-refractivity contribution in [2.75, 3.05) is 4.90 Å². The summed E-state index contributed by atoms with van der Waals surface area (Å²) < 4.78 is 0. The molecule has 0 radical (unpaired) electrons. The summed E-state index contributed by atoms with van der Waals surface area (Å²) in [5, 5.41) is 0.920. The number of anilines is 1. The summed E-state index contributed by atoms with van der Waals surface area (Å²) in [5.74, 6) is 0.0661. The lowest BCUT2D eigenvalue weighted by atomic mass is 9.95. The number of benzene rings is 2. The minimum atomic E-state index is 0.0661. The highest BCUT2D eigenvalue weighted by Gasteiger charge is 2.29. The van der Waals surface area contributed by atoms with Gasteiger partial charge in [-0.05, 0) is 50.5 Å². The first-order valence-electron chi connectivity index (χ1n) is 8.43. The Balaban J connectivity index is 1.88. The van der Waals surface area contributed by atoms with Gasteiger partial charge >= 0.3 is 0 Å². The lowest BCUT2D eigenvalue weighted by Crippen LogP contribution is -2.42. The van der Waals surface area contributed by atoms with Gasteiger partial charge in [-0.2, -0.15) is 0 Å². The molecular formula is C21H20N2O. The predicted molar refractivity (Wildman–Crippen MR) is 97.5 cm³/mol. The van der Waals surface area contributed by atoms with Gasteiger partial charge in [0.2, 0.25) is 0 Å². The Kier molecular flexibility index (Phi) is 3.57. The standard InChI is InChI=1S/C21H20N2O/c1-14-13-18(17-8-4-5-9-19(17)22-14)21(24)23-15(2)11-12-16-7-3-6-10-20(16)23/h3-10,13,15H,11-12H2,1-2H3. The van der Waals surface area contributed by atoms with Crippen LogP contribution in [-0.2, 0) is 6.42 Å². The second kappa shape index (κ2) is 5.75. The second-order valence-corrected chi connectivity index (χ2v) is 6.52. The van der Waals surface area contributed by atoms with E-state index in [9.17, 15) is 4.79 Å². The molecule has 2 heterocycles. The number of amides is 1. The van der Waals surface area contributed by atoms with Gasteiger partial charge in [0.25, 0.3) is 5.91 Å². The monoisotopic (exact) mass is 316 g/mol. The summed E-state index contributed by atoms with van der Waals surface area (Å²) in [4.78, 5) is 20.0. The summed E-state index contributed by atoms with van der Waals surface area (Å²) in [7, 11) is 0. The van der Waals surface area contributed by atoms with Gasteiger partial charge in [0.15, 0.2) is 0 Å². The Labute approximate surface area is 141 Å². The molecule has 1 aromatic heterocycles. The third-order valence-corrected chi connectivity index (χ3v) is 4.82. The molecule has 0 aliphatic carbocycles. The van der Waals surface area contributed by atoms with Crippen molar-refractivity contribution < 1.29 is 4.79 Å². The number of hydrogen-bond donors (Lipinski definition) is 0. The molecule has 0 saturated carbocycles. The molecule has 0 N–H and O–H groups in total. The van der Waals surface area contributed by atoms with Crippen molar-refractivity contribution in [2.45, 2.75) is 32.7 Å². The predicted octanol–water partition coefficient (Wildman–Crippen LogP) is 4.52. The fraction of sp³-hybridized carbons (Fsp3) is 0.238. The van der Waals surface area contributed by atoms with E-state index in [-0.39, 0.29) is 11.9 Å². The van der Waals surface area contributed by atoms with Crippen molar-refractivity contribution in [2.24, 2.45) is 0 Å². The van der Waals surface area contributed by atoms with Gasteiger partial charge in [0, 0.05) is 22.8 Å². The number of para-hydroxylation sites is 2. The Morgan fingerprint density at radius 3 is 2.75 bits per heavy atom. The number of carbonyl (C=O) groups excluding carboxylic acids is 1. The zero-order valence-corrected chi connectivity index (χ0v) is 14.0. The summed E-state index contributed by atoms with van der Waals surface area (Å²) >= 11 is 0. The van der Waals surface area contributed by atoms with Gasteiger partial charge in [-0.25, -0.2) is 0 Å². The number of hydrogen-bond acceptors (Lipinski definition) is 2. The Morgan fingerprint density at radius 1 is 1.12 bits per heavy atom. The maximum atomic E-state index is 13.4. The molecule has 1 atom stereocenters. The maximum absolute atomic E-state index is 13.4. The molecule has 3 aromatic rings. The van der Waals surface area contributed by atoms with Crippen molar-refractivity contribution in [3.05, 3.63) is 71.4 Å². The van der Waals surface area contributed by atoms with E-state index >= 15 is 0 Å². The van der Waals surface area contributed by atoms with Crippen molar-refractivity contribution in [3.63, 3.8) is 0 Å². The first kappa shape index (κ1) is 14.9. The van der Waals surface area contributed by atoms with Crippen LogP contribution in [0.3, 0.4) is 0 Å². The number of nitrogens with zero attached hydrogens (tertiary/aromatic N) is 2. The molecule has 0 bridgehead atoms. The van der Waals surface area contributed by atoms with Crippen LogP contribution in [0.2, 0.25) is 0 Å². The van der Waals surface area contributed by atoms with E-state index in [2.05, 4.69) is 24.0 Å². The molecule has 0 spiro atoms. The zero-order valence-electron chi connectivity index (χ0n) is 14.0. The largest absolute Gasteiger partial charge is 0.305 e. The fourth-order valence-electron chi connectivity index (χ4n) is 3.61. The molecule has 3 heteroatoms. The van der Waals surface area contributed by atoms with E-state index in [0.717, 1.165) is 40.7 Å². The van der Waals surface area contributed by atoms with Crippen LogP contribution < -0.4 is 4.90 Å². The minimum absolute atomic E-state index is 0.0661. The van der Waals surface area contributed by atoms with Crippen LogP contribution in [0, 0.1) is 6.92 Å². The Morgan fingerprint density at radius 2 is 1.88 bits per heavy atom. The van der Waals surface area contributed by atoms with Crippen LogP contribution in [0.15, 0.2) is 54.6 Å². The molecule has 1 aliphatic heterocycles. The molecule has 0 saturated heterocycles. The molecule has 2 aromatic carbocycles. The molecular weight excluding hydrogens is 296 g/mol. The van der Waals surface area contributed by atoms with Crippen LogP contribution in [0.25, 0.3) is 10.9 Å². The van der Waals surface area contributed by atoms with Crippen LogP contribution >= 0.6 is 0 Å².